The Bertz CT molecular complexity index is 1630. The Balaban J connectivity index is 1.54. The molecular weight excluding hydrogens is 548 g/mol. The Morgan fingerprint density at radius 2 is 1.73 bits per heavy atom. The first kappa shape index (κ1) is 28.9. The summed E-state index contributed by atoms with van der Waals surface area (Å²) in [5.74, 6) is -0.0277. The first-order chi connectivity index (χ1) is 19.1. The van der Waals surface area contributed by atoms with Crippen molar-refractivity contribution in [1.29, 1.82) is 0 Å². The molecule has 10 heteroatoms. The van der Waals surface area contributed by atoms with Gasteiger partial charge in [-0.05, 0) is 88.4 Å². The molecule has 8 nitrogen and oxygen atoms in total. The van der Waals surface area contributed by atoms with Crippen LogP contribution < -0.4 is 14.5 Å². The second kappa shape index (κ2) is 12.4. The summed E-state index contributed by atoms with van der Waals surface area (Å²) in [7, 11) is -4.06. The Labute approximate surface area is 239 Å². The Morgan fingerprint density at radius 1 is 1.02 bits per heavy atom. The lowest BCUT2D eigenvalue weighted by Crippen LogP contribution is -2.39. The van der Waals surface area contributed by atoms with E-state index in [9.17, 15) is 13.2 Å². The van der Waals surface area contributed by atoms with Crippen LogP contribution in [-0.4, -0.2) is 38.3 Å². The number of nitrogens with one attached hydrogen (secondary N) is 1. The summed E-state index contributed by atoms with van der Waals surface area (Å²) in [6.45, 7) is 7.67. The van der Waals surface area contributed by atoms with Gasteiger partial charge >= 0.3 is 0 Å². The first-order valence-electron chi connectivity index (χ1n) is 12.7. The third kappa shape index (κ3) is 6.55. The molecule has 1 heterocycles. The highest BCUT2D eigenvalue weighted by molar-refractivity contribution is 7.92. The zero-order chi connectivity index (χ0) is 28.9. The van der Waals surface area contributed by atoms with Gasteiger partial charge in [0.05, 0.1) is 23.4 Å². The minimum atomic E-state index is -4.06. The number of aryl methyl sites for hydroxylation is 2. The molecule has 40 heavy (non-hydrogen) atoms. The molecule has 0 aliphatic rings. The largest absolute Gasteiger partial charge is 0.494 e. The van der Waals surface area contributed by atoms with Gasteiger partial charge in [-0.15, -0.1) is 0 Å². The molecule has 0 radical (unpaired) electrons. The maximum atomic E-state index is 13.6. The zero-order valence-corrected chi connectivity index (χ0v) is 24.3. The van der Waals surface area contributed by atoms with Crippen molar-refractivity contribution in [2.75, 3.05) is 17.5 Å². The molecule has 0 fully saturated rings. The smallest absolute Gasteiger partial charge is 0.264 e. The topological polar surface area (TPSA) is 93.0 Å². The van der Waals surface area contributed by atoms with Gasteiger partial charge in [0.1, 0.15) is 12.3 Å². The standard InChI is InChI=1S/C30H31ClN4O4S/c1-5-39-28-13-15-29(16-14-28)40(37,38)34(26-11-9-21(2)10-12-26)20-30(36)33-32-19-24-17-22(3)35(23(24)4)27-8-6-7-25(31)18-27/h6-19H,5,20H2,1-4H3,(H,33,36)/b32-19+. The van der Waals surface area contributed by atoms with Crippen LogP contribution in [0.5, 0.6) is 5.75 Å². The predicted octanol–water partition coefficient (Wildman–Crippen LogP) is 5.80. The quantitative estimate of drug-likeness (QED) is 0.190. The monoisotopic (exact) mass is 578 g/mol. The van der Waals surface area contributed by atoms with Crippen molar-refractivity contribution in [3.05, 3.63) is 106 Å². The van der Waals surface area contributed by atoms with Gasteiger partial charge < -0.3 is 9.30 Å². The van der Waals surface area contributed by atoms with Crippen molar-refractivity contribution in [1.82, 2.24) is 9.99 Å². The molecule has 0 aliphatic carbocycles. The van der Waals surface area contributed by atoms with Gasteiger partial charge in [0.25, 0.3) is 15.9 Å². The van der Waals surface area contributed by atoms with E-state index in [2.05, 4.69) is 10.5 Å². The van der Waals surface area contributed by atoms with Gasteiger partial charge in [0.2, 0.25) is 0 Å². The zero-order valence-electron chi connectivity index (χ0n) is 22.8. The minimum absolute atomic E-state index is 0.0429. The SMILES string of the molecule is CCOc1ccc(S(=O)(=O)N(CC(=O)N/N=C/c2cc(C)n(-c3cccc(Cl)c3)c2C)c2ccc(C)cc2)cc1. The number of hydrogen-bond donors (Lipinski definition) is 1. The van der Waals surface area contributed by atoms with Crippen LogP contribution in [0.3, 0.4) is 0 Å². The molecular formula is C30H31ClN4O4S. The van der Waals surface area contributed by atoms with E-state index in [0.29, 0.717) is 23.1 Å². The van der Waals surface area contributed by atoms with E-state index in [-0.39, 0.29) is 4.90 Å². The van der Waals surface area contributed by atoms with Crippen LogP contribution in [0.15, 0.2) is 88.9 Å². The molecule has 0 unspecified atom stereocenters. The fourth-order valence-corrected chi connectivity index (χ4v) is 5.90. The second-order valence-corrected chi connectivity index (χ2v) is 11.5. The van der Waals surface area contributed by atoms with Crippen molar-refractivity contribution in [3.8, 4) is 11.4 Å². The number of anilines is 1. The van der Waals surface area contributed by atoms with Crippen LogP contribution in [0.25, 0.3) is 5.69 Å². The number of amides is 1. The Kier molecular flexibility index (Phi) is 8.96. The highest BCUT2D eigenvalue weighted by Crippen LogP contribution is 2.26. The van der Waals surface area contributed by atoms with E-state index in [1.165, 1.54) is 12.1 Å². The first-order valence-corrected chi connectivity index (χ1v) is 14.5. The summed E-state index contributed by atoms with van der Waals surface area (Å²) in [5, 5.41) is 4.74. The molecule has 0 saturated carbocycles. The van der Waals surface area contributed by atoms with Gasteiger partial charge in [-0.3, -0.25) is 9.10 Å². The summed E-state index contributed by atoms with van der Waals surface area (Å²) >= 11 is 6.17. The summed E-state index contributed by atoms with van der Waals surface area (Å²) in [5.41, 5.74) is 7.40. The molecule has 208 valence electrons. The lowest BCUT2D eigenvalue weighted by Gasteiger charge is -2.24. The summed E-state index contributed by atoms with van der Waals surface area (Å²) in [4.78, 5) is 13.0. The normalized spacial score (nSPS) is 11.5. The van der Waals surface area contributed by atoms with Crippen LogP contribution in [0, 0.1) is 20.8 Å². The average Bonchev–Trinajstić information content (AvgIpc) is 3.21. The summed E-state index contributed by atoms with van der Waals surface area (Å²) in [6.07, 6.45) is 1.54. The maximum Gasteiger partial charge on any atom is 0.264 e. The number of hydrazone groups is 1. The number of hydrogen-bond acceptors (Lipinski definition) is 5. The number of aromatic nitrogens is 1. The maximum absolute atomic E-state index is 13.6. The third-order valence-corrected chi connectivity index (χ3v) is 8.28. The lowest BCUT2D eigenvalue weighted by atomic mass is 10.2. The number of ether oxygens (including phenoxy) is 1. The molecule has 3 aromatic carbocycles. The van der Waals surface area contributed by atoms with Crippen LogP contribution in [0.4, 0.5) is 5.69 Å². The van der Waals surface area contributed by atoms with E-state index >= 15 is 0 Å². The number of carbonyl (C=O) groups is 1. The second-order valence-electron chi connectivity index (χ2n) is 9.19. The van der Waals surface area contributed by atoms with Crippen LogP contribution >= 0.6 is 11.6 Å². The van der Waals surface area contributed by atoms with Gasteiger partial charge in [-0.1, -0.05) is 35.4 Å². The van der Waals surface area contributed by atoms with Crippen molar-refractivity contribution >= 4 is 39.4 Å². The van der Waals surface area contributed by atoms with Gasteiger partial charge in [-0.25, -0.2) is 13.8 Å². The van der Waals surface area contributed by atoms with E-state index in [1.54, 1.807) is 42.6 Å². The molecule has 1 N–H and O–H groups in total. The van der Waals surface area contributed by atoms with E-state index in [0.717, 1.165) is 32.5 Å². The molecule has 0 saturated heterocycles. The fraction of sp³-hybridized carbons (Fsp3) is 0.200. The summed E-state index contributed by atoms with van der Waals surface area (Å²) < 4.78 is 35.8. The number of benzene rings is 3. The Hall–Kier alpha value is -4.08. The highest BCUT2D eigenvalue weighted by Gasteiger charge is 2.27. The van der Waals surface area contributed by atoms with Crippen LogP contribution in [-0.2, 0) is 14.8 Å². The van der Waals surface area contributed by atoms with Crippen molar-refractivity contribution in [2.24, 2.45) is 5.10 Å². The molecule has 1 amide bonds. The molecule has 4 rings (SSSR count). The predicted molar refractivity (Wildman–Crippen MR) is 159 cm³/mol. The van der Waals surface area contributed by atoms with Crippen LogP contribution in [0.2, 0.25) is 5.02 Å². The number of sulfonamides is 1. The minimum Gasteiger partial charge on any atom is -0.494 e. The molecule has 0 bridgehead atoms. The van der Waals surface area contributed by atoms with Gasteiger partial charge in [-0.2, -0.15) is 5.10 Å². The number of rotatable bonds is 10. The third-order valence-electron chi connectivity index (χ3n) is 6.26. The fourth-order valence-electron chi connectivity index (χ4n) is 4.30. The van der Waals surface area contributed by atoms with E-state index < -0.39 is 22.5 Å². The molecule has 0 atom stereocenters. The van der Waals surface area contributed by atoms with Crippen molar-refractivity contribution in [3.63, 3.8) is 0 Å². The highest BCUT2D eigenvalue weighted by atomic mass is 35.5. The number of nitrogens with zero attached hydrogens (tertiary/aromatic N) is 3. The van der Waals surface area contributed by atoms with E-state index in [1.807, 2.05) is 62.6 Å². The summed E-state index contributed by atoms with van der Waals surface area (Å²) in [6, 6.07) is 22.5. The van der Waals surface area contributed by atoms with Crippen LogP contribution in [0.1, 0.15) is 29.4 Å². The number of halogens is 1. The number of carbonyl (C=O) groups excluding carboxylic acids is 1. The van der Waals surface area contributed by atoms with Gasteiger partial charge in [0.15, 0.2) is 0 Å². The van der Waals surface area contributed by atoms with Crippen molar-refractivity contribution in [2.45, 2.75) is 32.6 Å². The molecule has 1 aromatic heterocycles. The van der Waals surface area contributed by atoms with E-state index in [4.69, 9.17) is 16.3 Å². The molecule has 4 aromatic rings. The lowest BCUT2D eigenvalue weighted by molar-refractivity contribution is -0.119. The average molecular weight is 579 g/mol. The van der Waals surface area contributed by atoms with Gasteiger partial charge in [0, 0.05) is 27.7 Å². The molecule has 0 aliphatic heterocycles. The van der Waals surface area contributed by atoms with Crippen molar-refractivity contribution < 1.29 is 17.9 Å². The molecule has 0 spiro atoms. The Morgan fingerprint density at radius 3 is 2.38 bits per heavy atom.